The second-order valence-corrected chi connectivity index (χ2v) is 5.49. The fourth-order valence-corrected chi connectivity index (χ4v) is 2.24. The second kappa shape index (κ2) is 18.0. The molecule has 31 heavy (non-hydrogen) atoms. The smallest absolute Gasteiger partial charge is 0.796 e. The molecule has 1 aromatic carbocycles. The topological polar surface area (TPSA) is 78.4 Å². The van der Waals surface area contributed by atoms with Crippen molar-refractivity contribution in [2.45, 2.75) is 13.8 Å². The van der Waals surface area contributed by atoms with Crippen molar-refractivity contribution in [1.29, 1.82) is 0 Å². The number of hydrogen-bond acceptors (Lipinski definition) is 8. The van der Waals surface area contributed by atoms with Gasteiger partial charge in [0.25, 0.3) is 0 Å². The maximum atomic E-state index is 10.3. The van der Waals surface area contributed by atoms with E-state index < -0.39 is 11.9 Å². The first-order chi connectivity index (χ1) is 14.4. The molecular formula is C22H26N2O4PtS2. The van der Waals surface area contributed by atoms with Gasteiger partial charge in [0.05, 0.1) is 38.1 Å². The van der Waals surface area contributed by atoms with Crippen molar-refractivity contribution in [3.8, 4) is 0 Å². The van der Waals surface area contributed by atoms with E-state index in [1.807, 2.05) is 26.0 Å². The van der Waals surface area contributed by atoms with E-state index in [4.69, 9.17) is 0 Å². The second-order valence-electron chi connectivity index (χ2n) is 5.49. The number of rotatable bonds is 3. The van der Waals surface area contributed by atoms with Crippen LogP contribution in [0.25, 0.3) is 21.8 Å². The zero-order chi connectivity index (χ0) is 23.1. The maximum absolute atomic E-state index is 10.3. The summed E-state index contributed by atoms with van der Waals surface area (Å²) in [4.78, 5) is 29.8. The Labute approximate surface area is 209 Å². The quantitative estimate of drug-likeness (QED) is 0.245. The summed E-state index contributed by atoms with van der Waals surface area (Å²) in [6.45, 7) is 4.02. The maximum Gasteiger partial charge on any atom is 2.00 e. The van der Waals surface area contributed by atoms with Gasteiger partial charge < -0.3 is 34.7 Å². The summed E-state index contributed by atoms with van der Waals surface area (Å²) in [6, 6.07) is 12.5. The molecule has 9 heteroatoms. The Morgan fingerprint density at radius 2 is 1.00 bits per heavy atom. The first-order valence-corrected chi connectivity index (χ1v) is 10.4. The zero-order valence-corrected chi connectivity index (χ0v) is 22.2. The summed E-state index contributed by atoms with van der Waals surface area (Å²) >= 11 is 8.17. The minimum atomic E-state index is -0.578. The number of esters is 2. The van der Waals surface area contributed by atoms with Crippen molar-refractivity contribution in [2.24, 2.45) is 0 Å². The Morgan fingerprint density at radius 3 is 1.29 bits per heavy atom. The van der Waals surface area contributed by atoms with E-state index in [2.05, 4.69) is 69.0 Å². The van der Waals surface area contributed by atoms with E-state index in [0.29, 0.717) is 0 Å². The van der Waals surface area contributed by atoms with Crippen LogP contribution in [0, 0.1) is 26.7 Å². The van der Waals surface area contributed by atoms with E-state index >= 15 is 0 Å². The number of benzene rings is 1. The Hall–Kier alpha value is -1.63. The fourth-order valence-electron chi connectivity index (χ4n) is 2.24. The molecule has 2 heterocycles. The van der Waals surface area contributed by atoms with Gasteiger partial charge in [0.15, 0.2) is 0 Å². The number of nitrogens with zero attached hydrogens (tertiary/aromatic N) is 2. The molecule has 0 fully saturated rings. The molecule has 0 spiro atoms. The van der Waals surface area contributed by atoms with Gasteiger partial charge >= 0.3 is 33.0 Å². The minimum absolute atomic E-state index is 0. The van der Waals surface area contributed by atoms with Crippen LogP contribution in [0.15, 0.2) is 36.4 Å². The molecule has 0 aliphatic rings. The molecule has 0 aliphatic carbocycles. The Balaban J connectivity index is 0. The normalized spacial score (nSPS) is 8.90. The van der Waals surface area contributed by atoms with Crippen molar-refractivity contribution in [3.05, 3.63) is 60.6 Å². The van der Waals surface area contributed by atoms with Gasteiger partial charge in [0.1, 0.15) is 0 Å². The first-order valence-electron chi connectivity index (χ1n) is 8.74. The number of carbonyl (C=O) groups is 2. The summed E-state index contributed by atoms with van der Waals surface area (Å²) in [5, 5.41) is 2.30. The molecule has 0 N–H and O–H groups in total. The largest absolute Gasteiger partial charge is 2.00 e. The van der Waals surface area contributed by atoms with Crippen LogP contribution in [-0.2, 0) is 65.4 Å². The van der Waals surface area contributed by atoms with Gasteiger partial charge in [-0.1, -0.05) is 24.3 Å². The zero-order valence-electron chi connectivity index (χ0n) is 18.3. The summed E-state index contributed by atoms with van der Waals surface area (Å²) in [5.41, 5.74) is 4.06. The third-order valence-corrected chi connectivity index (χ3v) is 3.56. The number of aryl methyl sites for hydroxylation is 2. The molecule has 3 aromatic rings. The van der Waals surface area contributed by atoms with Crippen LogP contribution < -0.4 is 0 Å². The average Bonchev–Trinajstić information content (AvgIpc) is 2.80. The van der Waals surface area contributed by atoms with E-state index in [-0.39, 0.29) is 21.1 Å². The number of carbonyl (C=O) groups excluding carboxylic acids is 2. The third kappa shape index (κ3) is 11.0. The van der Waals surface area contributed by atoms with Gasteiger partial charge in [-0.15, -0.1) is 0 Å². The number of aromatic nitrogens is 2. The van der Waals surface area contributed by atoms with Crippen LogP contribution in [0.3, 0.4) is 0 Å². The third-order valence-electron chi connectivity index (χ3n) is 3.56. The molecule has 2 aromatic heterocycles. The molecule has 170 valence electrons. The predicted molar refractivity (Wildman–Crippen MR) is 126 cm³/mol. The molecule has 3 rings (SSSR count). The molecule has 6 nitrogen and oxygen atoms in total. The molecule has 0 saturated carbocycles. The molecule has 0 saturated heterocycles. The van der Waals surface area contributed by atoms with Gasteiger partial charge in [-0.2, -0.15) is 12.5 Å². The first kappa shape index (κ1) is 31.6. The Bertz CT molecular complexity index is 879. The molecule has 0 aliphatic heterocycles. The summed E-state index contributed by atoms with van der Waals surface area (Å²) in [5.74, 6) is -1.16. The average molecular weight is 642 g/mol. The van der Waals surface area contributed by atoms with Crippen molar-refractivity contribution in [3.63, 3.8) is 0 Å². The minimum Gasteiger partial charge on any atom is -0.796 e. The summed E-state index contributed by atoms with van der Waals surface area (Å²) < 4.78 is 8.42. The number of pyridine rings is 2. The predicted octanol–water partition coefficient (Wildman–Crippen LogP) is 3.46. The summed E-state index contributed by atoms with van der Waals surface area (Å²) in [6.07, 6.45) is 5.15. The molecule has 0 unspecified atom stereocenters. The van der Waals surface area contributed by atoms with Gasteiger partial charge in [-0.25, -0.2) is 0 Å². The van der Waals surface area contributed by atoms with Crippen LogP contribution >= 0.6 is 0 Å². The number of ether oxygens (including phenoxy) is 2. The molecule has 0 bridgehead atoms. The van der Waals surface area contributed by atoms with Gasteiger partial charge in [-0.3, -0.25) is 19.6 Å². The van der Waals surface area contributed by atoms with Gasteiger partial charge in [0.2, 0.25) is 0 Å². The van der Waals surface area contributed by atoms with Crippen LogP contribution in [0.4, 0.5) is 0 Å². The van der Waals surface area contributed by atoms with Crippen LogP contribution in [0.5, 0.6) is 0 Å². The monoisotopic (exact) mass is 641 g/mol. The van der Waals surface area contributed by atoms with Crippen LogP contribution in [0.1, 0.15) is 11.4 Å². The Kier molecular flexibility index (Phi) is 18.3. The molecule has 2 radical (unpaired) electrons. The number of fused-ring (bicyclic) bond motifs is 3. The van der Waals surface area contributed by atoms with Crippen molar-refractivity contribution >= 4 is 59.0 Å². The van der Waals surface area contributed by atoms with Crippen molar-refractivity contribution in [1.82, 2.24) is 9.97 Å². The van der Waals surface area contributed by atoms with E-state index in [0.717, 1.165) is 46.0 Å². The summed E-state index contributed by atoms with van der Waals surface area (Å²) in [7, 11) is 2.45. The van der Waals surface area contributed by atoms with E-state index in [1.165, 1.54) is 14.2 Å². The number of hydrogen-bond donors (Lipinski definition) is 0. The van der Waals surface area contributed by atoms with Gasteiger partial charge in [0, 0.05) is 22.2 Å². The van der Waals surface area contributed by atoms with Crippen molar-refractivity contribution in [2.75, 3.05) is 26.7 Å². The van der Waals surface area contributed by atoms with Crippen LogP contribution in [-0.4, -0.2) is 48.6 Å². The van der Waals surface area contributed by atoms with E-state index in [9.17, 15) is 9.59 Å². The van der Waals surface area contributed by atoms with Gasteiger partial charge in [-0.05, 0) is 26.0 Å². The Morgan fingerprint density at radius 1 is 0.710 bits per heavy atom. The SMILES string of the molecule is COC(=O)[CH][CH]C(=O)OC.C[S-].C[S-].Cc1ccc2ccc3ccc(C)nc3c2n1.[Pt+2]. The fraction of sp³-hybridized carbons (Fsp3) is 0.273. The molecular weight excluding hydrogens is 615 g/mol. The molecule has 0 amide bonds. The van der Waals surface area contributed by atoms with E-state index in [1.54, 1.807) is 12.5 Å². The van der Waals surface area contributed by atoms with Crippen LogP contribution in [0.2, 0.25) is 0 Å². The number of methoxy groups -OCH3 is 2. The standard InChI is InChI=1S/C14H12N2.C6H8O4.2CH4S.Pt/c1-9-3-5-11-7-8-12-6-4-10(2)16-14(12)13(11)15-9;1-9-5(7)3-4-6(8)10-2;2*1-2;/h3-8H,1-2H3;3-4H,1-2H3;2*2H,1H3;/q;;;;+2/p-2. The molecule has 0 atom stereocenters. The van der Waals surface area contributed by atoms with Crippen molar-refractivity contribution < 1.29 is 40.1 Å².